The molecule has 0 aliphatic carbocycles. The van der Waals surface area contributed by atoms with Gasteiger partial charge in [0.15, 0.2) is 5.82 Å². The summed E-state index contributed by atoms with van der Waals surface area (Å²) in [6.45, 7) is 0. The van der Waals surface area contributed by atoms with Crippen LogP contribution in [0.15, 0.2) is 35.4 Å². The van der Waals surface area contributed by atoms with E-state index in [0.29, 0.717) is 11.8 Å². The lowest BCUT2D eigenvalue weighted by Crippen LogP contribution is -2.21. The van der Waals surface area contributed by atoms with Crippen molar-refractivity contribution in [1.29, 1.82) is 0 Å². The molecule has 0 fully saturated rings. The van der Waals surface area contributed by atoms with Crippen molar-refractivity contribution in [2.75, 3.05) is 42.7 Å². The van der Waals surface area contributed by atoms with E-state index >= 15 is 0 Å². The van der Waals surface area contributed by atoms with Crippen LogP contribution >= 0.6 is 0 Å². The van der Waals surface area contributed by atoms with E-state index < -0.39 is 20.7 Å². The summed E-state index contributed by atoms with van der Waals surface area (Å²) < 4.78 is 40.8. The zero-order valence-corrected chi connectivity index (χ0v) is 14.1. The molecule has 0 radical (unpaired) electrons. The number of hydrogen-bond donors (Lipinski definition) is 1. The predicted molar refractivity (Wildman–Crippen MR) is 87.9 cm³/mol. The molecule has 0 spiro atoms. The maximum absolute atomic E-state index is 13.7. The molecule has 0 aliphatic rings. The van der Waals surface area contributed by atoms with Gasteiger partial charge in [0.25, 0.3) is 10.0 Å². The van der Waals surface area contributed by atoms with Crippen LogP contribution in [0.2, 0.25) is 0 Å². The van der Waals surface area contributed by atoms with Gasteiger partial charge in [-0.1, -0.05) is 12.1 Å². The second kappa shape index (κ2) is 6.37. The molecule has 7 nitrogen and oxygen atoms in total. The Morgan fingerprint density at radius 3 is 2.30 bits per heavy atom. The molecule has 0 amide bonds. The smallest absolute Gasteiger partial charge is 0.264 e. The van der Waals surface area contributed by atoms with Crippen LogP contribution in [0.4, 0.5) is 21.8 Å². The van der Waals surface area contributed by atoms with Crippen LogP contribution in [0.5, 0.6) is 0 Å². The summed E-state index contributed by atoms with van der Waals surface area (Å²) in [6, 6.07) is 5.17. The minimum absolute atomic E-state index is 0.170. The molecule has 2 aromatic rings. The largest absolute Gasteiger partial charge is 0.361 e. The topological polar surface area (TPSA) is 78.4 Å². The first-order chi connectivity index (χ1) is 10.7. The van der Waals surface area contributed by atoms with Gasteiger partial charge in [-0.05, 0) is 12.1 Å². The highest BCUT2D eigenvalue weighted by atomic mass is 32.2. The number of nitrogens with zero attached hydrogens (tertiary/aromatic N) is 4. The first kappa shape index (κ1) is 16.9. The highest BCUT2D eigenvalue weighted by molar-refractivity contribution is 7.92. The Hall–Kier alpha value is -2.42. The molecule has 23 heavy (non-hydrogen) atoms. The number of rotatable bonds is 5. The van der Waals surface area contributed by atoms with Crippen LogP contribution in [0.3, 0.4) is 0 Å². The van der Waals surface area contributed by atoms with Gasteiger partial charge in [-0.3, -0.25) is 4.72 Å². The molecule has 1 aromatic heterocycles. The van der Waals surface area contributed by atoms with Crippen LogP contribution in [-0.4, -0.2) is 46.6 Å². The van der Waals surface area contributed by atoms with Crippen molar-refractivity contribution in [3.05, 3.63) is 36.3 Å². The predicted octanol–water partition coefficient (Wildman–Crippen LogP) is 1.55. The highest BCUT2D eigenvalue weighted by Crippen LogP contribution is 2.26. The molecule has 1 aromatic carbocycles. The summed E-state index contributed by atoms with van der Waals surface area (Å²) in [5, 5.41) is 0. The molecule has 0 bridgehead atoms. The van der Waals surface area contributed by atoms with E-state index in [2.05, 4.69) is 14.7 Å². The van der Waals surface area contributed by atoms with Crippen molar-refractivity contribution in [3.8, 4) is 0 Å². The number of hydrogen-bond acceptors (Lipinski definition) is 6. The fraction of sp³-hybridized carbons (Fsp3) is 0.286. The van der Waals surface area contributed by atoms with E-state index in [1.807, 2.05) is 0 Å². The van der Waals surface area contributed by atoms with Gasteiger partial charge in [0.1, 0.15) is 16.4 Å². The van der Waals surface area contributed by atoms with Gasteiger partial charge in [-0.15, -0.1) is 0 Å². The van der Waals surface area contributed by atoms with Crippen molar-refractivity contribution in [3.63, 3.8) is 0 Å². The molecule has 2 rings (SSSR count). The highest BCUT2D eigenvalue weighted by Gasteiger charge is 2.21. The Morgan fingerprint density at radius 1 is 1.09 bits per heavy atom. The third kappa shape index (κ3) is 3.67. The Labute approximate surface area is 134 Å². The van der Waals surface area contributed by atoms with Gasteiger partial charge < -0.3 is 9.80 Å². The molecular weight excluding hydrogens is 321 g/mol. The lowest BCUT2D eigenvalue weighted by Gasteiger charge is -2.19. The molecule has 124 valence electrons. The molecule has 0 atom stereocenters. The van der Waals surface area contributed by atoms with E-state index in [1.54, 1.807) is 38.0 Å². The van der Waals surface area contributed by atoms with E-state index in [4.69, 9.17) is 0 Å². The van der Waals surface area contributed by atoms with Crippen LogP contribution in [-0.2, 0) is 10.0 Å². The Bertz CT molecular complexity index is 809. The minimum atomic E-state index is -4.08. The van der Waals surface area contributed by atoms with Crippen LogP contribution in [0, 0.1) is 5.82 Å². The SMILES string of the molecule is CN(C)c1ncc(NS(=O)(=O)c2ccccc2F)c(N(C)C)n1. The second-order valence-electron chi connectivity index (χ2n) is 5.23. The number of aromatic nitrogens is 2. The molecule has 1 N–H and O–H groups in total. The first-order valence-electron chi connectivity index (χ1n) is 6.71. The van der Waals surface area contributed by atoms with Crippen molar-refractivity contribution in [1.82, 2.24) is 9.97 Å². The van der Waals surface area contributed by atoms with E-state index in [0.717, 1.165) is 6.07 Å². The lowest BCUT2D eigenvalue weighted by molar-refractivity contribution is 0.570. The minimum Gasteiger partial charge on any atom is -0.361 e. The molecule has 1 heterocycles. The maximum atomic E-state index is 13.7. The van der Waals surface area contributed by atoms with E-state index in [-0.39, 0.29) is 5.69 Å². The normalized spacial score (nSPS) is 11.2. The van der Waals surface area contributed by atoms with Crippen molar-refractivity contribution in [2.24, 2.45) is 0 Å². The van der Waals surface area contributed by atoms with Gasteiger partial charge in [-0.25, -0.2) is 17.8 Å². The monoisotopic (exact) mass is 339 g/mol. The average Bonchev–Trinajstić information content (AvgIpc) is 2.47. The third-order valence-electron chi connectivity index (χ3n) is 2.95. The average molecular weight is 339 g/mol. The number of anilines is 3. The number of nitrogens with one attached hydrogen (secondary N) is 1. The summed E-state index contributed by atoms with van der Waals surface area (Å²) in [5.41, 5.74) is 0.170. The molecule has 0 unspecified atom stereocenters. The standard InChI is InChI=1S/C14H18FN5O2S/c1-19(2)13-11(9-16-14(17-13)20(3)4)18-23(21,22)12-8-6-5-7-10(12)15/h5-9,18H,1-4H3. The van der Waals surface area contributed by atoms with Crippen molar-refractivity contribution < 1.29 is 12.8 Å². The summed E-state index contributed by atoms with van der Waals surface area (Å²) >= 11 is 0. The van der Waals surface area contributed by atoms with Crippen LogP contribution in [0.25, 0.3) is 0 Å². The van der Waals surface area contributed by atoms with Crippen molar-refractivity contribution in [2.45, 2.75) is 4.90 Å². The van der Waals surface area contributed by atoms with Crippen LogP contribution < -0.4 is 14.5 Å². The van der Waals surface area contributed by atoms with Gasteiger partial charge in [-0.2, -0.15) is 4.98 Å². The van der Waals surface area contributed by atoms with Gasteiger partial charge in [0.2, 0.25) is 5.95 Å². The van der Waals surface area contributed by atoms with Gasteiger partial charge in [0, 0.05) is 28.2 Å². The fourth-order valence-corrected chi connectivity index (χ4v) is 2.98. The summed E-state index contributed by atoms with van der Waals surface area (Å²) in [7, 11) is 2.92. The van der Waals surface area contributed by atoms with Gasteiger partial charge in [0.05, 0.1) is 6.20 Å². The summed E-state index contributed by atoms with van der Waals surface area (Å²) in [4.78, 5) is 11.3. The van der Waals surface area contributed by atoms with E-state index in [1.165, 1.54) is 24.4 Å². The molecular formula is C14H18FN5O2S. The zero-order chi connectivity index (χ0) is 17.2. The second-order valence-corrected chi connectivity index (χ2v) is 6.88. The third-order valence-corrected chi connectivity index (χ3v) is 4.35. The van der Waals surface area contributed by atoms with Gasteiger partial charge >= 0.3 is 0 Å². The Morgan fingerprint density at radius 2 is 1.74 bits per heavy atom. The van der Waals surface area contributed by atoms with Crippen LogP contribution in [0.1, 0.15) is 0 Å². The number of halogens is 1. The maximum Gasteiger partial charge on any atom is 0.264 e. The number of sulfonamides is 1. The number of benzene rings is 1. The van der Waals surface area contributed by atoms with E-state index in [9.17, 15) is 12.8 Å². The summed E-state index contributed by atoms with van der Waals surface area (Å²) in [5.74, 6) is -0.0108. The fourth-order valence-electron chi connectivity index (χ4n) is 1.85. The molecule has 0 aliphatic heterocycles. The quantitative estimate of drug-likeness (QED) is 0.890. The Balaban J connectivity index is 2.45. The zero-order valence-electron chi connectivity index (χ0n) is 13.3. The lowest BCUT2D eigenvalue weighted by atomic mass is 10.4. The summed E-state index contributed by atoms with van der Waals surface area (Å²) in [6.07, 6.45) is 1.36. The Kier molecular flexibility index (Phi) is 4.69. The first-order valence-corrected chi connectivity index (χ1v) is 8.19. The molecule has 0 saturated heterocycles. The molecule has 0 saturated carbocycles. The molecule has 9 heteroatoms. The van der Waals surface area contributed by atoms with Crippen molar-refractivity contribution >= 4 is 27.5 Å².